The van der Waals surface area contributed by atoms with E-state index in [0.717, 1.165) is 0 Å². The van der Waals surface area contributed by atoms with Crippen LogP contribution >= 0.6 is 23.2 Å². The van der Waals surface area contributed by atoms with Crippen LogP contribution in [-0.2, 0) is 4.79 Å². The number of carbonyl (C=O) groups excluding carboxylic acids is 1. The Morgan fingerprint density at radius 1 is 1.35 bits per heavy atom. The number of benzene rings is 1. The van der Waals surface area contributed by atoms with Crippen LogP contribution in [0.1, 0.15) is 23.7 Å². The van der Waals surface area contributed by atoms with Crippen molar-refractivity contribution >= 4 is 35.0 Å². The summed E-state index contributed by atoms with van der Waals surface area (Å²) in [5.41, 5.74) is -0.395. The predicted octanol–water partition coefficient (Wildman–Crippen LogP) is 3.29. The summed E-state index contributed by atoms with van der Waals surface area (Å²) >= 11 is 11.6. The number of halogens is 2. The van der Waals surface area contributed by atoms with E-state index >= 15 is 0 Å². The van der Waals surface area contributed by atoms with Gasteiger partial charge in [-0.2, -0.15) is 0 Å². The smallest absolute Gasteiger partial charge is 0.307 e. The summed E-state index contributed by atoms with van der Waals surface area (Å²) in [5.74, 6) is -1.71. The lowest BCUT2D eigenvalue weighted by Crippen LogP contribution is -2.18. The lowest BCUT2D eigenvalue weighted by molar-refractivity contribution is -0.139. The number of carboxylic acid groups (broad SMARTS) is 1. The van der Waals surface area contributed by atoms with E-state index in [1.165, 1.54) is 6.07 Å². The molecule has 0 aliphatic heterocycles. The minimum atomic E-state index is -0.930. The number of carbonyl (C=O) groups is 2. The van der Waals surface area contributed by atoms with Crippen LogP contribution in [0.5, 0.6) is 0 Å². The monoisotopic (exact) mass is 272 g/mol. The van der Waals surface area contributed by atoms with Crippen LogP contribution in [0.4, 0.5) is 0 Å². The van der Waals surface area contributed by atoms with Gasteiger partial charge in [0.05, 0.1) is 16.0 Å². The lowest BCUT2D eigenvalue weighted by atomic mass is 9.94. The highest BCUT2D eigenvalue weighted by Gasteiger charge is 2.60. The third kappa shape index (κ3) is 2.05. The molecule has 0 aromatic heterocycles. The van der Waals surface area contributed by atoms with Crippen molar-refractivity contribution in [2.75, 3.05) is 0 Å². The van der Waals surface area contributed by atoms with Crippen molar-refractivity contribution in [3.05, 3.63) is 33.8 Å². The van der Waals surface area contributed by atoms with Gasteiger partial charge in [0, 0.05) is 11.0 Å². The van der Waals surface area contributed by atoms with Crippen LogP contribution in [0.3, 0.4) is 0 Å². The first-order valence-electron chi connectivity index (χ1n) is 5.09. The van der Waals surface area contributed by atoms with Gasteiger partial charge in [0.1, 0.15) is 0 Å². The maximum absolute atomic E-state index is 12.1. The minimum Gasteiger partial charge on any atom is -0.481 e. The van der Waals surface area contributed by atoms with Gasteiger partial charge in [0.2, 0.25) is 0 Å². The highest BCUT2D eigenvalue weighted by Crippen LogP contribution is 2.54. The molecule has 0 spiro atoms. The molecule has 17 heavy (non-hydrogen) atoms. The van der Waals surface area contributed by atoms with E-state index in [1.54, 1.807) is 19.1 Å². The van der Waals surface area contributed by atoms with Gasteiger partial charge in [-0.3, -0.25) is 9.59 Å². The van der Waals surface area contributed by atoms with E-state index in [4.69, 9.17) is 28.3 Å². The summed E-state index contributed by atoms with van der Waals surface area (Å²) in [6, 6.07) is 4.59. The summed E-state index contributed by atoms with van der Waals surface area (Å²) in [5, 5.41) is 9.56. The molecule has 2 unspecified atom stereocenters. The van der Waals surface area contributed by atoms with E-state index < -0.39 is 17.3 Å². The molecule has 1 aromatic carbocycles. The molecule has 90 valence electrons. The molecular formula is C12H10Cl2O3. The second-order valence-electron chi connectivity index (χ2n) is 4.47. The SMILES string of the molecule is CC1(C(=O)c2ccc(Cl)c(Cl)c2)CC1C(=O)O. The van der Waals surface area contributed by atoms with Crippen molar-refractivity contribution < 1.29 is 14.7 Å². The van der Waals surface area contributed by atoms with Gasteiger partial charge in [0.15, 0.2) is 5.78 Å². The maximum atomic E-state index is 12.1. The van der Waals surface area contributed by atoms with Gasteiger partial charge in [0.25, 0.3) is 0 Å². The number of Topliss-reactive ketones (excluding diaryl/α,β-unsaturated/α-hetero) is 1. The molecule has 0 radical (unpaired) electrons. The molecule has 2 rings (SSSR count). The van der Waals surface area contributed by atoms with Gasteiger partial charge in [-0.15, -0.1) is 0 Å². The van der Waals surface area contributed by atoms with Crippen molar-refractivity contribution in [2.45, 2.75) is 13.3 Å². The lowest BCUT2D eigenvalue weighted by Gasteiger charge is -2.09. The van der Waals surface area contributed by atoms with Crippen molar-refractivity contribution in [3.63, 3.8) is 0 Å². The zero-order valence-corrected chi connectivity index (χ0v) is 10.5. The fourth-order valence-electron chi connectivity index (χ4n) is 1.94. The third-order valence-corrected chi connectivity index (χ3v) is 3.97. The molecule has 0 heterocycles. The highest BCUT2D eigenvalue weighted by molar-refractivity contribution is 6.42. The van der Waals surface area contributed by atoms with Crippen LogP contribution < -0.4 is 0 Å². The number of hydrogen-bond donors (Lipinski definition) is 1. The fourth-order valence-corrected chi connectivity index (χ4v) is 2.24. The summed E-state index contributed by atoms with van der Waals surface area (Å²) in [7, 11) is 0. The van der Waals surface area contributed by atoms with Crippen LogP contribution in [0.15, 0.2) is 18.2 Å². The highest BCUT2D eigenvalue weighted by atomic mass is 35.5. The average Bonchev–Trinajstić information content (AvgIpc) is 2.96. The number of carboxylic acids is 1. The van der Waals surface area contributed by atoms with Gasteiger partial charge in [-0.25, -0.2) is 0 Å². The van der Waals surface area contributed by atoms with Crippen molar-refractivity contribution in [3.8, 4) is 0 Å². The Balaban J connectivity index is 2.27. The van der Waals surface area contributed by atoms with Crippen molar-refractivity contribution in [2.24, 2.45) is 11.3 Å². The standard InChI is InChI=1S/C12H10Cl2O3/c1-12(5-7(12)11(16)17)10(15)6-2-3-8(13)9(14)4-6/h2-4,7H,5H2,1H3,(H,16,17). The zero-order valence-electron chi connectivity index (χ0n) is 9.04. The van der Waals surface area contributed by atoms with Crippen LogP contribution in [-0.4, -0.2) is 16.9 Å². The molecule has 3 nitrogen and oxygen atoms in total. The fraction of sp³-hybridized carbons (Fsp3) is 0.333. The number of aliphatic carboxylic acids is 1. The topological polar surface area (TPSA) is 54.4 Å². The second kappa shape index (κ2) is 4.00. The van der Waals surface area contributed by atoms with Crippen LogP contribution in [0.2, 0.25) is 10.0 Å². The molecule has 2 atom stereocenters. The molecule has 0 saturated heterocycles. The Morgan fingerprint density at radius 2 is 2.00 bits per heavy atom. The Labute approximate surface area is 108 Å². The van der Waals surface area contributed by atoms with E-state index in [2.05, 4.69) is 0 Å². The first-order valence-corrected chi connectivity index (χ1v) is 5.84. The second-order valence-corrected chi connectivity index (χ2v) is 5.28. The Morgan fingerprint density at radius 3 is 2.47 bits per heavy atom. The Hall–Kier alpha value is -1.06. The van der Waals surface area contributed by atoms with Gasteiger partial charge in [-0.05, 0) is 24.6 Å². The van der Waals surface area contributed by atoms with Gasteiger partial charge >= 0.3 is 5.97 Å². The summed E-state index contributed by atoms with van der Waals surface area (Å²) in [4.78, 5) is 23.0. The average molecular weight is 273 g/mol. The van der Waals surface area contributed by atoms with Crippen molar-refractivity contribution in [1.29, 1.82) is 0 Å². The van der Waals surface area contributed by atoms with Gasteiger partial charge < -0.3 is 5.11 Å². The van der Waals surface area contributed by atoms with Gasteiger partial charge in [-0.1, -0.05) is 30.1 Å². The maximum Gasteiger partial charge on any atom is 0.307 e. The molecule has 1 N–H and O–H groups in total. The van der Waals surface area contributed by atoms with Crippen LogP contribution in [0.25, 0.3) is 0 Å². The molecule has 1 aliphatic rings. The largest absolute Gasteiger partial charge is 0.481 e. The van der Waals surface area contributed by atoms with Crippen molar-refractivity contribution in [1.82, 2.24) is 0 Å². The van der Waals surface area contributed by atoms with Crippen LogP contribution in [0, 0.1) is 11.3 Å². The molecule has 1 aliphatic carbocycles. The molecule has 1 saturated carbocycles. The van der Waals surface area contributed by atoms with E-state index in [1.807, 2.05) is 0 Å². The normalized spacial score (nSPS) is 26.6. The Kier molecular flexibility index (Phi) is 2.92. The predicted molar refractivity (Wildman–Crippen MR) is 64.6 cm³/mol. The summed E-state index contributed by atoms with van der Waals surface area (Å²) < 4.78 is 0. The zero-order chi connectivity index (χ0) is 12.8. The quantitative estimate of drug-likeness (QED) is 0.860. The molecule has 0 amide bonds. The molecule has 1 fully saturated rings. The van der Waals surface area contributed by atoms with E-state index in [0.29, 0.717) is 22.0 Å². The van der Waals surface area contributed by atoms with E-state index in [-0.39, 0.29) is 5.78 Å². The third-order valence-electron chi connectivity index (χ3n) is 3.24. The number of rotatable bonds is 3. The Bertz CT molecular complexity index is 512. The first kappa shape index (κ1) is 12.4. The minimum absolute atomic E-state index is 0.191. The molecule has 0 bridgehead atoms. The molecule has 1 aromatic rings. The summed E-state index contributed by atoms with van der Waals surface area (Å²) in [6.45, 7) is 1.66. The molecule has 5 heteroatoms. The first-order chi connectivity index (χ1) is 7.86. The molecular weight excluding hydrogens is 263 g/mol. The summed E-state index contributed by atoms with van der Waals surface area (Å²) in [6.07, 6.45) is 0.376. The van der Waals surface area contributed by atoms with E-state index in [9.17, 15) is 9.59 Å². The number of ketones is 1. The number of hydrogen-bond acceptors (Lipinski definition) is 2.